The van der Waals surface area contributed by atoms with Gasteiger partial charge in [-0.15, -0.1) is 0 Å². The molecule has 33 heavy (non-hydrogen) atoms. The number of carbonyl (C=O) groups is 2. The van der Waals surface area contributed by atoms with Crippen LogP contribution < -0.4 is 10.2 Å². The summed E-state index contributed by atoms with van der Waals surface area (Å²) in [5.41, 5.74) is 4.63. The van der Waals surface area contributed by atoms with E-state index >= 15 is 0 Å². The summed E-state index contributed by atoms with van der Waals surface area (Å²) in [5, 5.41) is 2.99. The van der Waals surface area contributed by atoms with Gasteiger partial charge < -0.3 is 4.90 Å². The lowest BCUT2D eigenvalue weighted by molar-refractivity contribution is -0.137. The monoisotopic (exact) mass is 549 g/mol. The van der Waals surface area contributed by atoms with Crippen LogP contribution in [0.15, 0.2) is 35.1 Å². The van der Waals surface area contributed by atoms with Crippen LogP contribution in [0.1, 0.15) is 34.9 Å². The first-order valence-electron chi connectivity index (χ1n) is 11.1. The van der Waals surface area contributed by atoms with Gasteiger partial charge in [-0.05, 0) is 39.0 Å². The van der Waals surface area contributed by atoms with Crippen molar-refractivity contribution in [3.8, 4) is 0 Å². The number of nitrogens with one attached hydrogen (secondary N) is 1. The Morgan fingerprint density at radius 1 is 1.18 bits per heavy atom. The molecule has 5 rings (SSSR count). The molecular weight excluding hydrogens is 526 g/mol. The Morgan fingerprint density at radius 2 is 1.97 bits per heavy atom. The topological polar surface area (TPSA) is 68.8 Å². The van der Waals surface area contributed by atoms with Crippen LogP contribution in [0.2, 0.25) is 5.02 Å². The van der Waals surface area contributed by atoms with Crippen molar-refractivity contribution in [1.82, 2.24) is 20.1 Å². The maximum absolute atomic E-state index is 12.4. The summed E-state index contributed by atoms with van der Waals surface area (Å²) in [5.74, 6) is -0.401. The number of imide groups is 1. The molecule has 3 aliphatic heterocycles. The lowest BCUT2D eigenvalue weighted by atomic mass is 10.0. The van der Waals surface area contributed by atoms with E-state index in [1.807, 2.05) is 0 Å². The smallest absolute Gasteiger partial charge is 0.243 e. The van der Waals surface area contributed by atoms with Crippen molar-refractivity contribution >= 4 is 57.7 Å². The summed E-state index contributed by atoms with van der Waals surface area (Å²) in [6.45, 7) is 5.23. The molecule has 0 saturated carbocycles. The van der Waals surface area contributed by atoms with Crippen LogP contribution in [0.4, 0.5) is 5.69 Å². The molecule has 10 heteroatoms. The number of fused-ring (bicyclic) bond motifs is 1. The van der Waals surface area contributed by atoms with Crippen molar-refractivity contribution in [2.24, 2.45) is 0 Å². The van der Waals surface area contributed by atoms with Gasteiger partial charge in [0.05, 0.1) is 26.6 Å². The van der Waals surface area contributed by atoms with Gasteiger partial charge in [0.2, 0.25) is 11.8 Å². The molecule has 1 aromatic carbocycles. The van der Waals surface area contributed by atoms with Gasteiger partial charge in [0, 0.05) is 58.1 Å². The maximum Gasteiger partial charge on any atom is 0.243 e. The van der Waals surface area contributed by atoms with Crippen LogP contribution in [0.25, 0.3) is 0 Å². The fourth-order valence-electron chi connectivity index (χ4n) is 4.98. The quantitative estimate of drug-likeness (QED) is 0.450. The summed E-state index contributed by atoms with van der Waals surface area (Å²) in [4.78, 5) is 34.8. The normalized spacial score (nSPS) is 24.2. The molecule has 0 bridgehead atoms. The van der Waals surface area contributed by atoms with E-state index in [1.54, 1.807) is 12.4 Å². The molecule has 0 spiro atoms. The molecule has 1 N–H and O–H groups in total. The zero-order chi connectivity index (χ0) is 23.1. The average molecular weight is 551 g/mol. The third-order valence-corrected chi connectivity index (χ3v) is 8.12. The van der Waals surface area contributed by atoms with Crippen LogP contribution in [0.3, 0.4) is 0 Å². The molecule has 4 heterocycles. The minimum atomic E-state index is -0.312. The van der Waals surface area contributed by atoms with Crippen molar-refractivity contribution in [1.29, 1.82) is 0 Å². The van der Waals surface area contributed by atoms with Crippen LogP contribution in [-0.2, 0) is 22.7 Å². The second-order valence-corrected chi connectivity index (χ2v) is 10.5. The minimum absolute atomic E-state index is 0.134. The molecule has 3 aliphatic rings. The van der Waals surface area contributed by atoms with Crippen molar-refractivity contribution in [3.63, 3.8) is 0 Å². The van der Waals surface area contributed by atoms with Crippen LogP contribution in [0, 0.1) is 0 Å². The predicted molar refractivity (Wildman–Crippen MR) is 134 cm³/mol. The largest absolute Gasteiger partial charge is 0.367 e. The van der Waals surface area contributed by atoms with Crippen molar-refractivity contribution < 1.29 is 9.59 Å². The van der Waals surface area contributed by atoms with Gasteiger partial charge in [-0.25, -0.2) is 0 Å². The third-order valence-electron chi connectivity index (χ3n) is 6.69. The fraction of sp³-hybridized carbons (Fsp3) is 0.435. The molecule has 0 radical (unpaired) electrons. The zero-order valence-electron chi connectivity index (χ0n) is 18.0. The SMILES string of the molecule is O=C1CCC(N2Cc3cc(CN4CCN(c5c(Cl)cncc5Br)CC4)ccc3C2S)C(=O)N1. The van der Waals surface area contributed by atoms with E-state index in [9.17, 15) is 9.59 Å². The number of piperidine rings is 1. The van der Waals surface area contributed by atoms with E-state index in [0.717, 1.165) is 48.4 Å². The summed E-state index contributed by atoms with van der Waals surface area (Å²) in [6, 6.07) is 6.23. The van der Waals surface area contributed by atoms with Gasteiger partial charge in [-0.3, -0.25) is 29.7 Å². The second kappa shape index (κ2) is 9.54. The predicted octanol–water partition coefficient (Wildman–Crippen LogP) is 3.37. The van der Waals surface area contributed by atoms with E-state index in [0.29, 0.717) is 24.4 Å². The van der Waals surface area contributed by atoms with E-state index in [1.165, 1.54) is 11.1 Å². The fourth-order valence-corrected chi connectivity index (χ4v) is 6.45. The Labute approximate surface area is 212 Å². The highest BCUT2D eigenvalue weighted by Gasteiger charge is 2.39. The molecule has 2 saturated heterocycles. The first-order valence-corrected chi connectivity index (χ1v) is 12.7. The Balaban J connectivity index is 1.22. The number of thiol groups is 1. The average Bonchev–Trinajstić information content (AvgIpc) is 3.10. The number of rotatable bonds is 4. The van der Waals surface area contributed by atoms with E-state index < -0.39 is 0 Å². The number of aromatic nitrogens is 1. The summed E-state index contributed by atoms with van der Waals surface area (Å²) < 4.78 is 0.920. The Morgan fingerprint density at radius 3 is 2.70 bits per heavy atom. The van der Waals surface area contributed by atoms with Gasteiger partial charge in [-0.1, -0.05) is 29.8 Å². The first-order chi connectivity index (χ1) is 15.9. The number of carbonyl (C=O) groups excluding carboxylic acids is 2. The Kier molecular flexibility index (Phi) is 6.68. The highest BCUT2D eigenvalue weighted by molar-refractivity contribution is 9.10. The molecule has 2 aromatic rings. The molecule has 2 atom stereocenters. The number of benzene rings is 1. The number of hydrogen-bond acceptors (Lipinski definition) is 7. The third kappa shape index (κ3) is 4.66. The van der Waals surface area contributed by atoms with Crippen molar-refractivity contribution in [2.45, 2.75) is 37.3 Å². The van der Waals surface area contributed by atoms with Gasteiger partial charge in [0.25, 0.3) is 0 Å². The Bertz CT molecular complexity index is 1070. The summed E-state index contributed by atoms with van der Waals surface area (Å²) in [6.07, 6.45) is 4.39. The molecule has 2 amide bonds. The van der Waals surface area contributed by atoms with Gasteiger partial charge in [0.1, 0.15) is 0 Å². The molecule has 7 nitrogen and oxygen atoms in total. The van der Waals surface area contributed by atoms with E-state index in [2.05, 4.69) is 59.1 Å². The molecule has 1 aromatic heterocycles. The number of pyridine rings is 1. The standard InChI is InChI=1S/C23H25BrClN5O2S/c24-17-10-26-11-18(25)21(17)29-7-5-28(6-8-29)12-14-1-2-16-15(9-14)13-30(23(16)33)19-3-4-20(31)27-22(19)32/h1-2,9-11,19,23,33H,3-8,12-13H2,(H,27,31,32). The van der Waals surface area contributed by atoms with Crippen molar-refractivity contribution in [3.05, 3.63) is 56.8 Å². The maximum atomic E-state index is 12.4. The summed E-state index contributed by atoms with van der Waals surface area (Å²) >= 11 is 14.7. The lowest BCUT2D eigenvalue weighted by Crippen LogP contribution is -2.51. The molecule has 2 fully saturated rings. The minimum Gasteiger partial charge on any atom is -0.367 e. The Hall–Kier alpha value is -1.65. The first kappa shape index (κ1) is 23.1. The van der Waals surface area contributed by atoms with Gasteiger partial charge >= 0.3 is 0 Å². The zero-order valence-corrected chi connectivity index (χ0v) is 21.2. The number of halogens is 2. The molecule has 0 aliphatic carbocycles. The molecular formula is C23H25BrClN5O2S. The second-order valence-electron chi connectivity index (χ2n) is 8.76. The summed E-state index contributed by atoms with van der Waals surface area (Å²) in [7, 11) is 0. The molecule has 174 valence electrons. The molecule has 2 unspecified atom stereocenters. The number of amides is 2. The number of anilines is 1. The van der Waals surface area contributed by atoms with E-state index in [-0.39, 0.29) is 23.2 Å². The highest BCUT2D eigenvalue weighted by Crippen LogP contribution is 2.40. The number of piperazine rings is 1. The van der Waals surface area contributed by atoms with Gasteiger partial charge in [0.15, 0.2) is 0 Å². The number of nitrogens with zero attached hydrogens (tertiary/aromatic N) is 4. The van der Waals surface area contributed by atoms with E-state index in [4.69, 9.17) is 24.2 Å². The van der Waals surface area contributed by atoms with Crippen LogP contribution in [-0.4, -0.2) is 58.8 Å². The number of hydrogen-bond donors (Lipinski definition) is 2. The van der Waals surface area contributed by atoms with Crippen molar-refractivity contribution in [2.75, 3.05) is 31.1 Å². The van der Waals surface area contributed by atoms with Gasteiger partial charge in [-0.2, -0.15) is 12.6 Å². The lowest BCUT2D eigenvalue weighted by Gasteiger charge is -2.36. The highest BCUT2D eigenvalue weighted by atomic mass is 79.9. The van der Waals surface area contributed by atoms with Crippen LogP contribution >= 0.6 is 40.2 Å². The van der Waals surface area contributed by atoms with Crippen LogP contribution in [0.5, 0.6) is 0 Å².